The Bertz CT molecular complexity index is 757. The van der Waals surface area contributed by atoms with Crippen molar-refractivity contribution in [2.24, 2.45) is 5.10 Å². The summed E-state index contributed by atoms with van der Waals surface area (Å²) >= 11 is 1.11. The van der Waals surface area contributed by atoms with Crippen LogP contribution in [0, 0.1) is 17.1 Å². The van der Waals surface area contributed by atoms with Crippen molar-refractivity contribution in [3.05, 3.63) is 59.9 Å². The van der Waals surface area contributed by atoms with Crippen molar-refractivity contribution in [3.63, 3.8) is 0 Å². The van der Waals surface area contributed by atoms with E-state index >= 15 is 0 Å². The second kappa shape index (κ2) is 9.33. The Morgan fingerprint density at radius 2 is 2.04 bits per heavy atom. The first-order chi connectivity index (χ1) is 11.7. The Morgan fingerprint density at radius 3 is 2.75 bits per heavy atom. The maximum Gasteiger partial charge on any atom is 0.250 e. The number of hydrogen-bond donors (Lipinski definition) is 1. The molecule has 0 aliphatic heterocycles. The highest BCUT2D eigenvalue weighted by atomic mass is 32.2. The molecular formula is C17H14FN3O2S. The van der Waals surface area contributed by atoms with Crippen LogP contribution in [0.1, 0.15) is 5.56 Å². The summed E-state index contributed by atoms with van der Waals surface area (Å²) in [6.07, 6.45) is 1.49. The van der Waals surface area contributed by atoms with Gasteiger partial charge in [-0.1, -0.05) is 12.1 Å². The van der Waals surface area contributed by atoms with Crippen molar-refractivity contribution in [2.75, 3.05) is 12.4 Å². The molecule has 0 aliphatic carbocycles. The SMILES string of the molecule is N#CCOc1ccc(/C=N\NC(=O)CSc2ccccc2F)cc1. The summed E-state index contributed by atoms with van der Waals surface area (Å²) in [6, 6.07) is 15.1. The van der Waals surface area contributed by atoms with E-state index in [2.05, 4.69) is 10.5 Å². The van der Waals surface area contributed by atoms with Crippen LogP contribution in [0.4, 0.5) is 4.39 Å². The molecule has 0 spiro atoms. The van der Waals surface area contributed by atoms with Gasteiger partial charge < -0.3 is 4.74 Å². The van der Waals surface area contributed by atoms with Crippen molar-refractivity contribution < 1.29 is 13.9 Å². The molecule has 0 aliphatic rings. The van der Waals surface area contributed by atoms with Crippen LogP contribution in [0.15, 0.2) is 58.5 Å². The lowest BCUT2D eigenvalue weighted by Crippen LogP contribution is -2.19. The molecule has 0 radical (unpaired) electrons. The number of nitriles is 1. The van der Waals surface area contributed by atoms with Gasteiger partial charge in [0.05, 0.1) is 12.0 Å². The van der Waals surface area contributed by atoms with Gasteiger partial charge in [0, 0.05) is 4.90 Å². The Hall–Kier alpha value is -2.85. The highest BCUT2D eigenvalue weighted by Gasteiger charge is 2.05. The largest absolute Gasteiger partial charge is 0.479 e. The highest BCUT2D eigenvalue weighted by Crippen LogP contribution is 2.20. The summed E-state index contributed by atoms with van der Waals surface area (Å²) in [4.78, 5) is 12.1. The number of rotatable bonds is 7. The third-order valence-corrected chi connectivity index (χ3v) is 3.83. The molecule has 122 valence electrons. The molecule has 0 unspecified atom stereocenters. The van der Waals surface area contributed by atoms with E-state index in [4.69, 9.17) is 10.00 Å². The quantitative estimate of drug-likeness (QED) is 0.476. The number of carbonyl (C=O) groups is 1. The summed E-state index contributed by atoms with van der Waals surface area (Å²) in [5.41, 5.74) is 3.15. The first kappa shape index (κ1) is 17.5. The Morgan fingerprint density at radius 1 is 1.29 bits per heavy atom. The minimum Gasteiger partial charge on any atom is -0.479 e. The zero-order chi connectivity index (χ0) is 17.2. The molecule has 5 nitrogen and oxygen atoms in total. The fraction of sp³-hybridized carbons (Fsp3) is 0.118. The number of amides is 1. The van der Waals surface area contributed by atoms with Crippen LogP contribution in [0.3, 0.4) is 0 Å². The van der Waals surface area contributed by atoms with E-state index in [1.165, 1.54) is 12.3 Å². The lowest BCUT2D eigenvalue weighted by molar-refractivity contribution is -0.118. The maximum atomic E-state index is 13.4. The lowest BCUT2D eigenvalue weighted by atomic mass is 10.2. The van der Waals surface area contributed by atoms with Gasteiger partial charge in [-0.2, -0.15) is 10.4 Å². The third-order valence-electron chi connectivity index (χ3n) is 2.78. The zero-order valence-electron chi connectivity index (χ0n) is 12.6. The molecule has 0 heterocycles. The summed E-state index contributed by atoms with van der Waals surface area (Å²) in [6.45, 7) is -0.0107. The summed E-state index contributed by atoms with van der Waals surface area (Å²) in [5.74, 6) is -0.0239. The van der Waals surface area contributed by atoms with Crippen LogP contribution in [0.25, 0.3) is 0 Å². The molecule has 0 saturated carbocycles. The number of hydrogen-bond acceptors (Lipinski definition) is 5. The van der Waals surface area contributed by atoms with Crippen LogP contribution >= 0.6 is 11.8 Å². The molecule has 24 heavy (non-hydrogen) atoms. The van der Waals surface area contributed by atoms with Crippen LogP contribution < -0.4 is 10.2 Å². The second-order valence-electron chi connectivity index (χ2n) is 4.53. The smallest absolute Gasteiger partial charge is 0.250 e. The topological polar surface area (TPSA) is 74.5 Å². The molecular weight excluding hydrogens is 329 g/mol. The van der Waals surface area contributed by atoms with E-state index < -0.39 is 0 Å². The molecule has 0 bridgehead atoms. The van der Waals surface area contributed by atoms with Crippen LogP contribution in [-0.4, -0.2) is 24.5 Å². The zero-order valence-corrected chi connectivity index (χ0v) is 13.4. The van der Waals surface area contributed by atoms with Crippen molar-refractivity contribution in [2.45, 2.75) is 4.90 Å². The number of thioether (sulfide) groups is 1. The average Bonchev–Trinajstić information content (AvgIpc) is 2.60. The Labute approximate surface area is 143 Å². The molecule has 0 fully saturated rings. The standard InChI is InChI=1S/C17H14FN3O2S/c18-15-3-1-2-4-16(15)24-12-17(22)21-20-11-13-5-7-14(8-6-13)23-10-9-19/h1-8,11H,10,12H2,(H,21,22)/b20-11-. The minimum atomic E-state index is -0.350. The van der Waals surface area contributed by atoms with Gasteiger partial charge >= 0.3 is 0 Å². The molecule has 2 rings (SSSR count). The molecule has 7 heteroatoms. The highest BCUT2D eigenvalue weighted by molar-refractivity contribution is 8.00. The molecule has 1 N–H and O–H groups in total. The van der Waals surface area contributed by atoms with Gasteiger partial charge in [-0.15, -0.1) is 11.8 Å². The normalized spacial score (nSPS) is 10.3. The monoisotopic (exact) mass is 343 g/mol. The Balaban J connectivity index is 1.78. The second-order valence-corrected chi connectivity index (χ2v) is 5.55. The Kier molecular flexibility index (Phi) is 6.80. The molecule has 2 aromatic rings. The summed E-state index contributed by atoms with van der Waals surface area (Å²) in [7, 11) is 0. The molecule has 0 saturated heterocycles. The van der Waals surface area contributed by atoms with Gasteiger partial charge in [0.25, 0.3) is 0 Å². The fourth-order valence-electron chi connectivity index (χ4n) is 1.68. The van der Waals surface area contributed by atoms with Crippen LogP contribution in [0.2, 0.25) is 0 Å². The van der Waals surface area contributed by atoms with E-state index in [1.807, 2.05) is 6.07 Å². The predicted octanol–water partition coefficient (Wildman–Crippen LogP) is 2.97. The maximum absolute atomic E-state index is 13.4. The van der Waals surface area contributed by atoms with E-state index in [1.54, 1.807) is 42.5 Å². The number of nitrogens with one attached hydrogen (secondary N) is 1. The van der Waals surface area contributed by atoms with Gasteiger partial charge in [-0.3, -0.25) is 4.79 Å². The third kappa shape index (κ3) is 5.74. The molecule has 2 aromatic carbocycles. The number of nitrogens with zero attached hydrogens (tertiary/aromatic N) is 2. The summed E-state index contributed by atoms with van der Waals surface area (Å²) in [5, 5.41) is 12.3. The first-order valence-electron chi connectivity index (χ1n) is 6.98. The fourth-order valence-corrected chi connectivity index (χ4v) is 2.41. The number of hydrazone groups is 1. The van der Waals surface area contributed by atoms with E-state index in [-0.39, 0.29) is 24.1 Å². The lowest BCUT2D eigenvalue weighted by Gasteiger charge is -2.02. The van der Waals surface area contributed by atoms with Crippen molar-refractivity contribution in [1.82, 2.24) is 5.43 Å². The van der Waals surface area contributed by atoms with Gasteiger partial charge in [-0.25, -0.2) is 9.82 Å². The van der Waals surface area contributed by atoms with Gasteiger partial charge in [0.15, 0.2) is 6.61 Å². The first-order valence-corrected chi connectivity index (χ1v) is 7.96. The van der Waals surface area contributed by atoms with Gasteiger partial charge in [-0.05, 0) is 42.0 Å². The van der Waals surface area contributed by atoms with E-state index in [0.29, 0.717) is 10.6 Å². The average molecular weight is 343 g/mol. The van der Waals surface area contributed by atoms with Gasteiger partial charge in [0.1, 0.15) is 17.6 Å². The summed E-state index contributed by atoms with van der Waals surface area (Å²) < 4.78 is 18.5. The van der Waals surface area contributed by atoms with Crippen molar-refractivity contribution >= 4 is 23.9 Å². The predicted molar refractivity (Wildman–Crippen MR) is 90.4 cm³/mol. The van der Waals surface area contributed by atoms with Crippen molar-refractivity contribution in [1.29, 1.82) is 5.26 Å². The molecule has 0 atom stereocenters. The number of halogens is 1. The van der Waals surface area contributed by atoms with Crippen LogP contribution in [-0.2, 0) is 4.79 Å². The van der Waals surface area contributed by atoms with Crippen molar-refractivity contribution in [3.8, 4) is 11.8 Å². The van der Waals surface area contributed by atoms with Crippen LogP contribution in [0.5, 0.6) is 5.75 Å². The van der Waals surface area contributed by atoms with E-state index in [0.717, 1.165) is 17.3 Å². The van der Waals surface area contributed by atoms with Gasteiger partial charge in [0.2, 0.25) is 5.91 Å². The minimum absolute atomic E-state index is 0.0107. The molecule has 0 aromatic heterocycles. The number of ether oxygens (including phenoxy) is 1. The number of benzene rings is 2. The van der Waals surface area contributed by atoms with E-state index in [9.17, 15) is 9.18 Å². The number of carbonyl (C=O) groups excluding carboxylic acids is 1. The molecule has 1 amide bonds.